The molecule has 2 nitrogen and oxygen atoms in total. The fourth-order valence-corrected chi connectivity index (χ4v) is 3.57. The van der Waals surface area contributed by atoms with Crippen molar-refractivity contribution in [2.45, 2.75) is 57.9 Å². The zero-order valence-corrected chi connectivity index (χ0v) is 15.4. The normalized spacial score (nSPS) is 23.4. The molecule has 1 aliphatic carbocycles. The Morgan fingerprint density at radius 3 is 1.95 bits per heavy atom. The van der Waals surface area contributed by atoms with E-state index in [0.29, 0.717) is 6.04 Å². The minimum atomic E-state index is 0.238. The highest BCUT2D eigenvalue weighted by molar-refractivity contribution is 5.46. The summed E-state index contributed by atoms with van der Waals surface area (Å²) in [7, 11) is 6.92. The summed E-state index contributed by atoms with van der Waals surface area (Å²) in [5.41, 5.74) is 2.93. The maximum absolute atomic E-state index is 3.74. The lowest BCUT2D eigenvalue weighted by Crippen LogP contribution is -2.41. The van der Waals surface area contributed by atoms with Crippen LogP contribution in [0.2, 0.25) is 0 Å². The van der Waals surface area contributed by atoms with E-state index in [1.54, 1.807) is 0 Å². The van der Waals surface area contributed by atoms with Crippen LogP contribution in [0.4, 0.5) is 5.69 Å². The lowest BCUT2D eigenvalue weighted by atomic mass is 9.85. The van der Waals surface area contributed by atoms with Crippen LogP contribution in [0.25, 0.3) is 0 Å². The second-order valence-corrected chi connectivity index (χ2v) is 9.16. The maximum atomic E-state index is 3.74. The zero-order valence-electron chi connectivity index (χ0n) is 15.4. The fourth-order valence-electron chi connectivity index (χ4n) is 3.57. The summed E-state index contributed by atoms with van der Waals surface area (Å²) in [4.78, 5) is 0. The molecule has 124 valence electrons. The van der Waals surface area contributed by atoms with E-state index in [1.807, 2.05) is 0 Å². The van der Waals surface area contributed by atoms with Gasteiger partial charge >= 0.3 is 0 Å². The number of benzene rings is 1. The van der Waals surface area contributed by atoms with Crippen LogP contribution >= 0.6 is 0 Å². The van der Waals surface area contributed by atoms with Crippen molar-refractivity contribution < 1.29 is 4.48 Å². The van der Waals surface area contributed by atoms with Gasteiger partial charge in [0.1, 0.15) is 0 Å². The van der Waals surface area contributed by atoms with Crippen molar-refractivity contribution in [1.29, 1.82) is 0 Å². The van der Waals surface area contributed by atoms with Gasteiger partial charge in [0.05, 0.1) is 27.7 Å². The fraction of sp³-hybridized carbons (Fsp3) is 0.700. The third kappa shape index (κ3) is 5.31. The zero-order chi connectivity index (χ0) is 16.4. The summed E-state index contributed by atoms with van der Waals surface area (Å²) in [6.07, 6.45) is 5.36. The molecule has 1 saturated carbocycles. The van der Waals surface area contributed by atoms with Gasteiger partial charge in [-0.3, -0.25) is 0 Å². The third-order valence-corrected chi connectivity index (χ3v) is 4.77. The number of hydrogen-bond acceptors (Lipinski definition) is 1. The van der Waals surface area contributed by atoms with Gasteiger partial charge in [-0.25, -0.2) is 0 Å². The molecule has 0 spiro atoms. The van der Waals surface area contributed by atoms with Crippen molar-refractivity contribution in [3.8, 4) is 0 Å². The Morgan fingerprint density at radius 2 is 1.50 bits per heavy atom. The lowest BCUT2D eigenvalue weighted by Gasteiger charge is -2.34. The summed E-state index contributed by atoms with van der Waals surface area (Å²) in [5, 5.41) is 3.74. The van der Waals surface area contributed by atoms with Crippen molar-refractivity contribution in [1.82, 2.24) is 0 Å². The molecular formula is C20H35N2+. The quantitative estimate of drug-likeness (QED) is 0.798. The highest BCUT2D eigenvalue weighted by atomic mass is 15.3. The van der Waals surface area contributed by atoms with E-state index in [9.17, 15) is 0 Å². The minimum absolute atomic E-state index is 0.238. The first kappa shape index (κ1) is 17.3. The Morgan fingerprint density at radius 1 is 0.955 bits per heavy atom. The van der Waals surface area contributed by atoms with Gasteiger partial charge in [-0.2, -0.15) is 0 Å². The number of quaternary nitrogens is 1. The Labute approximate surface area is 137 Å². The largest absolute Gasteiger partial charge is 0.382 e. The van der Waals surface area contributed by atoms with Gasteiger partial charge in [0.2, 0.25) is 0 Å². The predicted molar refractivity (Wildman–Crippen MR) is 97.4 cm³/mol. The van der Waals surface area contributed by atoms with Gasteiger partial charge in [-0.15, -0.1) is 0 Å². The van der Waals surface area contributed by atoms with Gasteiger partial charge in [0.15, 0.2) is 0 Å². The summed E-state index contributed by atoms with van der Waals surface area (Å²) < 4.78 is 1.09. The number of anilines is 1. The van der Waals surface area contributed by atoms with Crippen LogP contribution in [-0.4, -0.2) is 38.2 Å². The summed E-state index contributed by atoms with van der Waals surface area (Å²) in [6.45, 7) is 8.12. The molecule has 0 aliphatic heterocycles. The van der Waals surface area contributed by atoms with E-state index in [-0.39, 0.29) is 5.41 Å². The van der Waals surface area contributed by atoms with E-state index in [2.05, 4.69) is 71.5 Å². The van der Waals surface area contributed by atoms with Crippen LogP contribution in [-0.2, 0) is 5.41 Å². The second-order valence-electron chi connectivity index (χ2n) is 9.16. The topological polar surface area (TPSA) is 12.0 Å². The molecule has 0 amide bonds. The molecule has 1 fully saturated rings. The Hall–Kier alpha value is -1.02. The van der Waals surface area contributed by atoms with Gasteiger partial charge in [0.25, 0.3) is 0 Å². The predicted octanol–water partition coefficient (Wildman–Crippen LogP) is 4.66. The Kier molecular flexibility index (Phi) is 5.21. The van der Waals surface area contributed by atoms with E-state index in [4.69, 9.17) is 0 Å². The first-order chi connectivity index (χ1) is 10.1. The third-order valence-electron chi connectivity index (χ3n) is 4.77. The van der Waals surface area contributed by atoms with Crippen molar-refractivity contribution in [3.05, 3.63) is 29.8 Å². The highest BCUT2D eigenvalue weighted by Gasteiger charge is 2.25. The van der Waals surface area contributed by atoms with Crippen molar-refractivity contribution >= 4 is 5.69 Å². The monoisotopic (exact) mass is 303 g/mol. The molecule has 2 rings (SSSR count). The van der Waals surface area contributed by atoms with Crippen LogP contribution < -0.4 is 5.32 Å². The molecule has 1 aliphatic rings. The number of nitrogens with one attached hydrogen (secondary N) is 1. The molecule has 1 N–H and O–H groups in total. The summed E-state index contributed by atoms with van der Waals surface area (Å²) in [5.74, 6) is 0.904. The van der Waals surface area contributed by atoms with Gasteiger partial charge < -0.3 is 9.80 Å². The van der Waals surface area contributed by atoms with Crippen molar-refractivity contribution in [2.75, 3.05) is 33.0 Å². The van der Waals surface area contributed by atoms with Crippen LogP contribution in [0.15, 0.2) is 24.3 Å². The number of hydrogen-bond donors (Lipinski definition) is 1. The average molecular weight is 304 g/mol. The molecule has 0 radical (unpaired) electrons. The lowest BCUT2D eigenvalue weighted by molar-refractivity contribution is -0.874. The van der Waals surface area contributed by atoms with E-state index in [1.165, 1.54) is 43.5 Å². The van der Waals surface area contributed by atoms with Crippen LogP contribution in [0.1, 0.15) is 52.0 Å². The Balaban J connectivity index is 1.83. The van der Waals surface area contributed by atoms with E-state index < -0.39 is 0 Å². The molecule has 1 aromatic carbocycles. The molecule has 0 atom stereocenters. The molecule has 0 heterocycles. The number of rotatable bonds is 4. The number of nitrogens with zero attached hydrogens (tertiary/aromatic N) is 1. The first-order valence-electron chi connectivity index (χ1n) is 8.81. The SMILES string of the molecule is CC(C)(C)c1ccc(NC2CCC(C[N+](C)(C)C)CC2)cc1. The van der Waals surface area contributed by atoms with E-state index >= 15 is 0 Å². The van der Waals surface area contributed by atoms with Gasteiger partial charge in [-0.05, 0) is 48.8 Å². The second kappa shape index (κ2) is 6.62. The molecule has 0 aromatic heterocycles. The first-order valence-corrected chi connectivity index (χ1v) is 8.81. The summed E-state index contributed by atoms with van der Waals surface area (Å²) >= 11 is 0. The molecule has 0 saturated heterocycles. The Bertz CT molecular complexity index is 454. The van der Waals surface area contributed by atoms with Crippen LogP contribution in [0.3, 0.4) is 0 Å². The average Bonchev–Trinajstić information content (AvgIpc) is 2.39. The smallest absolute Gasteiger partial charge is 0.0809 e. The van der Waals surface area contributed by atoms with Crippen LogP contribution in [0.5, 0.6) is 0 Å². The van der Waals surface area contributed by atoms with E-state index in [0.717, 1.165) is 10.4 Å². The molecule has 0 bridgehead atoms. The standard InChI is InChI=1S/C20H35N2/c1-20(2,3)17-9-13-19(14-10-17)21-18-11-7-16(8-12-18)15-22(4,5)6/h9-10,13-14,16,18,21H,7-8,11-12,15H2,1-6H3/q+1. The summed E-state index contributed by atoms with van der Waals surface area (Å²) in [6, 6.07) is 9.69. The van der Waals surface area contributed by atoms with Crippen LogP contribution in [0, 0.1) is 5.92 Å². The molecule has 2 heteroatoms. The molecule has 1 aromatic rings. The molecule has 0 unspecified atom stereocenters. The highest BCUT2D eigenvalue weighted by Crippen LogP contribution is 2.29. The van der Waals surface area contributed by atoms with Crippen molar-refractivity contribution in [2.24, 2.45) is 5.92 Å². The van der Waals surface area contributed by atoms with Gasteiger partial charge in [-0.1, -0.05) is 32.9 Å². The molecule has 22 heavy (non-hydrogen) atoms. The van der Waals surface area contributed by atoms with Crippen molar-refractivity contribution in [3.63, 3.8) is 0 Å². The minimum Gasteiger partial charge on any atom is -0.382 e. The maximum Gasteiger partial charge on any atom is 0.0809 e. The molecular weight excluding hydrogens is 268 g/mol. The van der Waals surface area contributed by atoms with Gasteiger partial charge in [0, 0.05) is 17.6 Å².